The van der Waals surface area contributed by atoms with Gasteiger partial charge in [-0.1, -0.05) is 17.7 Å². The third-order valence-corrected chi connectivity index (χ3v) is 3.56. The minimum atomic E-state index is 0.219. The molecule has 2 aliphatic rings. The zero-order valence-electron chi connectivity index (χ0n) is 9.49. The van der Waals surface area contributed by atoms with Crippen LogP contribution in [0, 0.1) is 6.92 Å². The molecule has 3 rings (SSSR count). The summed E-state index contributed by atoms with van der Waals surface area (Å²) in [6.07, 6.45) is 0.994. The van der Waals surface area contributed by atoms with Gasteiger partial charge in [0.15, 0.2) is 0 Å². The predicted molar refractivity (Wildman–Crippen MR) is 62.6 cm³/mol. The molecule has 3 nitrogen and oxygen atoms in total. The summed E-state index contributed by atoms with van der Waals surface area (Å²) in [6, 6.07) is 6.58. The van der Waals surface area contributed by atoms with Crippen LogP contribution >= 0.6 is 0 Å². The highest BCUT2D eigenvalue weighted by Crippen LogP contribution is 2.24. The Morgan fingerprint density at radius 2 is 2.31 bits per heavy atom. The number of hydrogen-bond acceptors (Lipinski definition) is 2. The van der Waals surface area contributed by atoms with Crippen LogP contribution in [0.2, 0.25) is 0 Å². The maximum atomic E-state index is 12.3. The van der Waals surface area contributed by atoms with Crippen LogP contribution in [0.3, 0.4) is 0 Å². The zero-order chi connectivity index (χ0) is 11.1. The number of carbonyl (C=O) groups is 1. The molecule has 84 valence electrons. The minimum Gasteiger partial charge on any atom is -0.333 e. The van der Waals surface area contributed by atoms with Crippen molar-refractivity contribution in [3.8, 4) is 0 Å². The van der Waals surface area contributed by atoms with E-state index in [1.165, 1.54) is 11.1 Å². The van der Waals surface area contributed by atoms with E-state index in [0.29, 0.717) is 6.04 Å². The summed E-state index contributed by atoms with van der Waals surface area (Å²) < 4.78 is 0. The van der Waals surface area contributed by atoms with E-state index in [0.717, 1.165) is 31.6 Å². The summed E-state index contributed by atoms with van der Waals surface area (Å²) in [7, 11) is 0. The molecule has 0 saturated carbocycles. The average molecular weight is 216 g/mol. The number of nitrogens with zero attached hydrogens (tertiary/aromatic N) is 1. The van der Waals surface area contributed by atoms with Crippen molar-refractivity contribution in [1.82, 2.24) is 10.2 Å². The number of benzene rings is 1. The fraction of sp³-hybridized carbons (Fsp3) is 0.462. The van der Waals surface area contributed by atoms with Crippen LogP contribution in [0.5, 0.6) is 0 Å². The van der Waals surface area contributed by atoms with Gasteiger partial charge in [0, 0.05) is 31.2 Å². The lowest BCUT2D eigenvalue weighted by molar-refractivity contribution is 0.0606. The van der Waals surface area contributed by atoms with Crippen molar-refractivity contribution < 1.29 is 4.79 Å². The molecule has 2 aliphatic heterocycles. The number of piperazine rings is 1. The van der Waals surface area contributed by atoms with Gasteiger partial charge in [0.05, 0.1) is 0 Å². The van der Waals surface area contributed by atoms with Crippen LogP contribution in [0.4, 0.5) is 0 Å². The zero-order valence-corrected chi connectivity index (χ0v) is 9.49. The molecule has 16 heavy (non-hydrogen) atoms. The third kappa shape index (κ3) is 1.43. The lowest BCUT2D eigenvalue weighted by atomic mass is 9.91. The number of hydrogen-bond donors (Lipinski definition) is 1. The van der Waals surface area contributed by atoms with Gasteiger partial charge in [0.25, 0.3) is 5.91 Å². The van der Waals surface area contributed by atoms with Gasteiger partial charge >= 0.3 is 0 Å². The Labute approximate surface area is 95.4 Å². The molecule has 0 aliphatic carbocycles. The number of nitrogens with one attached hydrogen (secondary N) is 1. The van der Waals surface area contributed by atoms with E-state index in [-0.39, 0.29) is 5.91 Å². The van der Waals surface area contributed by atoms with Gasteiger partial charge in [0.2, 0.25) is 0 Å². The molecule has 0 spiro atoms. The van der Waals surface area contributed by atoms with Crippen LogP contribution < -0.4 is 5.32 Å². The van der Waals surface area contributed by atoms with E-state index in [1.54, 1.807) is 0 Å². The molecule has 1 aromatic carbocycles. The number of fused-ring (bicyclic) bond motifs is 2. The largest absolute Gasteiger partial charge is 0.333 e. The van der Waals surface area contributed by atoms with E-state index in [9.17, 15) is 4.79 Å². The van der Waals surface area contributed by atoms with Crippen LogP contribution in [0.1, 0.15) is 21.5 Å². The molecule has 1 atom stereocenters. The second-order valence-electron chi connectivity index (χ2n) is 4.72. The number of amides is 1. The Morgan fingerprint density at radius 3 is 3.19 bits per heavy atom. The lowest BCUT2D eigenvalue weighted by Crippen LogP contribution is -2.56. The Kier molecular flexibility index (Phi) is 2.21. The fourth-order valence-corrected chi connectivity index (χ4v) is 2.69. The van der Waals surface area contributed by atoms with Crippen molar-refractivity contribution in [2.24, 2.45) is 0 Å². The molecule has 1 fully saturated rings. The first-order chi connectivity index (χ1) is 7.75. The molecular formula is C13H16N2O. The Bertz CT molecular complexity index is 442. The van der Waals surface area contributed by atoms with Crippen molar-refractivity contribution in [2.45, 2.75) is 19.4 Å². The van der Waals surface area contributed by atoms with E-state index < -0.39 is 0 Å². The second kappa shape index (κ2) is 3.59. The summed E-state index contributed by atoms with van der Waals surface area (Å²) in [5.41, 5.74) is 3.29. The second-order valence-corrected chi connectivity index (χ2v) is 4.72. The van der Waals surface area contributed by atoms with E-state index in [1.807, 2.05) is 17.9 Å². The van der Waals surface area contributed by atoms with Crippen molar-refractivity contribution >= 4 is 5.91 Å². The summed E-state index contributed by atoms with van der Waals surface area (Å²) in [4.78, 5) is 14.3. The summed E-state index contributed by atoms with van der Waals surface area (Å²) in [5.74, 6) is 0.219. The van der Waals surface area contributed by atoms with Gasteiger partial charge in [-0.3, -0.25) is 4.79 Å². The van der Waals surface area contributed by atoms with Gasteiger partial charge in [-0.25, -0.2) is 0 Å². The normalized spacial score (nSPS) is 23.9. The highest BCUT2D eigenvalue weighted by atomic mass is 16.2. The first-order valence-electron chi connectivity index (χ1n) is 5.87. The fourth-order valence-electron chi connectivity index (χ4n) is 2.69. The quantitative estimate of drug-likeness (QED) is 0.700. The molecule has 1 N–H and O–H groups in total. The van der Waals surface area contributed by atoms with Crippen LogP contribution in [0.25, 0.3) is 0 Å². The first kappa shape index (κ1) is 9.85. The summed E-state index contributed by atoms with van der Waals surface area (Å²) in [6.45, 7) is 4.73. The summed E-state index contributed by atoms with van der Waals surface area (Å²) in [5, 5.41) is 3.35. The Balaban J connectivity index is 2.03. The molecule has 1 amide bonds. The maximum absolute atomic E-state index is 12.3. The average Bonchev–Trinajstić information content (AvgIpc) is 2.31. The van der Waals surface area contributed by atoms with Crippen LogP contribution in [-0.4, -0.2) is 36.5 Å². The van der Waals surface area contributed by atoms with E-state index in [2.05, 4.69) is 17.4 Å². The minimum absolute atomic E-state index is 0.219. The molecule has 0 unspecified atom stereocenters. The molecule has 3 heteroatoms. The van der Waals surface area contributed by atoms with Gasteiger partial charge in [-0.2, -0.15) is 0 Å². The Hall–Kier alpha value is -1.35. The highest BCUT2D eigenvalue weighted by Gasteiger charge is 2.33. The van der Waals surface area contributed by atoms with Crippen molar-refractivity contribution in [1.29, 1.82) is 0 Å². The van der Waals surface area contributed by atoms with E-state index >= 15 is 0 Å². The van der Waals surface area contributed by atoms with Gasteiger partial charge in [0.1, 0.15) is 0 Å². The highest BCUT2D eigenvalue weighted by molar-refractivity contribution is 5.97. The van der Waals surface area contributed by atoms with Gasteiger partial charge in [-0.05, 0) is 25.0 Å². The maximum Gasteiger partial charge on any atom is 0.254 e. The molecule has 0 radical (unpaired) electrons. The SMILES string of the molecule is Cc1ccc2c(c1)C(=O)N1CCNC[C@H]1C2. The molecule has 0 aromatic heterocycles. The first-order valence-corrected chi connectivity index (χ1v) is 5.87. The molecule has 1 aromatic rings. The topological polar surface area (TPSA) is 32.3 Å². The lowest BCUT2D eigenvalue weighted by Gasteiger charge is -2.40. The van der Waals surface area contributed by atoms with Crippen molar-refractivity contribution in [3.63, 3.8) is 0 Å². The van der Waals surface area contributed by atoms with Crippen LogP contribution in [-0.2, 0) is 6.42 Å². The van der Waals surface area contributed by atoms with Gasteiger partial charge in [-0.15, -0.1) is 0 Å². The predicted octanol–water partition coefficient (Wildman–Crippen LogP) is 0.965. The number of carbonyl (C=O) groups excluding carboxylic acids is 1. The van der Waals surface area contributed by atoms with Gasteiger partial charge < -0.3 is 10.2 Å². The smallest absolute Gasteiger partial charge is 0.254 e. The molecular weight excluding hydrogens is 200 g/mol. The number of aryl methyl sites for hydroxylation is 1. The number of rotatable bonds is 0. The summed E-state index contributed by atoms with van der Waals surface area (Å²) >= 11 is 0. The van der Waals surface area contributed by atoms with Crippen LogP contribution in [0.15, 0.2) is 18.2 Å². The molecule has 1 saturated heterocycles. The van der Waals surface area contributed by atoms with E-state index in [4.69, 9.17) is 0 Å². The monoisotopic (exact) mass is 216 g/mol. The Morgan fingerprint density at radius 1 is 1.44 bits per heavy atom. The molecule has 0 bridgehead atoms. The van der Waals surface area contributed by atoms with Crippen molar-refractivity contribution in [2.75, 3.05) is 19.6 Å². The third-order valence-electron chi connectivity index (χ3n) is 3.56. The molecule has 2 heterocycles. The standard InChI is InChI=1S/C13H16N2O/c1-9-2-3-10-7-11-8-14-4-5-15(11)13(16)12(10)6-9/h2-3,6,11,14H,4-5,7-8H2,1H3/t11-/m1/s1. The van der Waals surface area contributed by atoms with Crippen molar-refractivity contribution in [3.05, 3.63) is 34.9 Å².